The van der Waals surface area contributed by atoms with Crippen molar-refractivity contribution in [3.8, 4) is 0 Å². The van der Waals surface area contributed by atoms with Crippen molar-refractivity contribution in [2.75, 3.05) is 0 Å². The molecule has 0 atom stereocenters. The van der Waals surface area contributed by atoms with Gasteiger partial charge in [0.05, 0.1) is 6.21 Å². The van der Waals surface area contributed by atoms with Gasteiger partial charge in [0.25, 0.3) is 12.9 Å². The van der Waals surface area contributed by atoms with E-state index in [-0.39, 0.29) is 17.7 Å². The molecule has 0 aliphatic heterocycles. The molecule has 0 amide bonds. The number of hydrogen-bond donors (Lipinski definition) is 0. The maximum atomic E-state index is 12.5. The van der Waals surface area contributed by atoms with Crippen molar-refractivity contribution in [3.05, 3.63) is 70.8 Å². The zero-order valence-electron chi connectivity index (χ0n) is 11.4. The minimum Gasteiger partial charge on any atom is -0.391 e. The highest BCUT2D eigenvalue weighted by Crippen LogP contribution is 2.20. The first-order valence-corrected chi connectivity index (χ1v) is 6.46. The molecule has 2 aromatic rings. The fraction of sp³-hybridized carbons (Fsp3) is 0.188. The van der Waals surface area contributed by atoms with Crippen LogP contribution in [0.3, 0.4) is 0 Å². The summed E-state index contributed by atoms with van der Waals surface area (Å²) in [5, 5.41) is 3.69. The number of rotatable bonds is 6. The van der Waals surface area contributed by atoms with Gasteiger partial charge in [0.2, 0.25) is 0 Å². The molecule has 2 aromatic carbocycles. The number of hydrogen-bond acceptors (Lipinski definition) is 2. The zero-order chi connectivity index (χ0) is 15.9. The molecule has 0 saturated heterocycles. The molecular weight excluding hydrogens is 298 g/mol. The Morgan fingerprint density at radius 1 is 0.909 bits per heavy atom. The lowest BCUT2D eigenvalue weighted by Crippen LogP contribution is -1.91. The maximum absolute atomic E-state index is 12.5. The van der Waals surface area contributed by atoms with Crippen molar-refractivity contribution in [2.24, 2.45) is 5.16 Å². The predicted octanol–water partition coefficient (Wildman–Crippen LogP) is 5.11. The van der Waals surface area contributed by atoms with E-state index in [1.54, 1.807) is 6.07 Å². The van der Waals surface area contributed by atoms with Crippen LogP contribution < -0.4 is 0 Å². The summed E-state index contributed by atoms with van der Waals surface area (Å²) in [5.74, 6) is 0. The summed E-state index contributed by atoms with van der Waals surface area (Å²) >= 11 is 0. The molecule has 0 unspecified atom stereocenters. The number of nitrogens with zero attached hydrogens (tertiary/aromatic N) is 1. The van der Waals surface area contributed by atoms with Crippen molar-refractivity contribution in [1.29, 1.82) is 0 Å². The molecule has 0 aliphatic rings. The molecule has 0 heterocycles. The van der Waals surface area contributed by atoms with E-state index in [9.17, 15) is 17.6 Å². The quantitative estimate of drug-likeness (QED) is 0.412. The van der Waals surface area contributed by atoms with E-state index in [2.05, 4.69) is 5.16 Å². The van der Waals surface area contributed by atoms with Crippen molar-refractivity contribution < 1.29 is 22.4 Å². The first-order chi connectivity index (χ1) is 10.6. The average molecular weight is 311 g/mol. The SMILES string of the molecule is FC(F)c1ccc(C=NOCc2cccc(C(F)F)c2)cc1. The normalized spacial score (nSPS) is 11.5. The summed E-state index contributed by atoms with van der Waals surface area (Å²) in [4.78, 5) is 5.01. The lowest BCUT2D eigenvalue weighted by Gasteiger charge is -2.03. The summed E-state index contributed by atoms with van der Waals surface area (Å²) in [6, 6.07) is 11.4. The Morgan fingerprint density at radius 3 is 2.23 bits per heavy atom. The monoisotopic (exact) mass is 311 g/mol. The van der Waals surface area contributed by atoms with E-state index in [1.807, 2.05) is 0 Å². The van der Waals surface area contributed by atoms with Crippen LogP contribution in [0.5, 0.6) is 0 Å². The van der Waals surface area contributed by atoms with Gasteiger partial charge in [-0.3, -0.25) is 0 Å². The Labute approximate surface area is 125 Å². The number of alkyl halides is 4. The lowest BCUT2D eigenvalue weighted by molar-refractivity contribution is 0.130. The van der Waals surface area contributed by atoms with Crippen LogP contribution in [-0.2, 0) is 11.4 Å². The molecule has 2 nitrogen and oxygen atoms in total. The Hall–Kier alpha value is -2.37. The molecule has 2 rings (SSSR count). The summed E-state index contributed by atoms with van der Waals surface area (Å²) in [7, 11) is 0. The average Bonchev–Trinajstić information content (AvgIpc) is 2.52. The summed E-state index contributed by atoms with van der Waals surface area (Å²) in [6.07, 6.45) is -3.67. The summed E-state index contributed by atoms with van der Waals surface area (Å²) in [5.41, 5.74) is 1.03. The van der Waals surface area contributed by atoms with Gasteiger partial charge in [-0.05, 0) is 17.2 Å². The van der Waals surface area contributed by atoms with Crippen LogP contribution in [0.15, 0.2) is 53.7 Å². The Morgan fingerprint density at radius 2 is 1.59 bits per heavy atom. The van der Waals surface area contributed by atoms with Crippen molar-refractivity contribution in [1.82, 2.24) is 0 Å². The minimum absolute atomic E-state index is 0.0478. The Balaban J connectivity index is 1.89. The molecular formula is C16H13F4NO. The lowest BCUT2D eigenvalue weighted by atomic mass is 10.1. The minimum atomic E-state index is -2.53. The third-order valence-corrected chi connectivity index (χ3v) is 2.90. The van der Waals surface area contributed by atoms with Gasteiger partial charge in [0.15, 0.2) is 0 Å². The molecule has 0 bridgehead atoms. The first kappa shape index (κ1) is 16.0. The van der Waals surface area contributed by atoms with Gasteiger partial charge in [-0.1, -0.05) is 47.6 Å². The van der Waals surface area contributed by atoms with Crippen molar-refractivity contribution in [3.63, 3.8) is 0 Å². The van der Waals surface area contributed by atoms with Gasteiger partial charge in [-0.15, -0.1) is 0 Å². The number of benzene rings is 2. The Bertz CT molecular complexity index is 626. The predicted molar refractivity (Wildman–Crippen MR) is 75.2 cm³/mol. The van der Waals surface area contributed by atoms with Crippen LogP contribution in [0.25, 0.3) is 0 Å². The van der Waals surface area contributed by atoms with Gasteiger partial charge >= 0.3 is 0 Å². The molecule has 0 N–H and O–H groups in total. The van der Waals surface area contributed by atoms with Crippen LogP contribution in [-0.4, -0.2) is 6.21 Å². The molecule has 6 heteroatoms. The topological polar surface area (TPSA) is 21.6 Å². The van der Waals surface area contributed by atoms with Crippen molar-refractivity contribution in [2.45, 2.75) is 19.5 Å². The second-order valence-corrected chi connectivity index (χ2v) is 4.52. The second kappa shape index (κ2) is 7.59. The molecule has 22 heavy (non-hydrogen) atoms. The highest BCUT2D eigenvalue weighted by Gasteiger charge is 2.07. The third kappa shape index (κ3) is 4.58. The van der Waals surface area contributed by atoms with Crippen LogP contribution in [0, 0.1) is 0 Å². The summed E-state index contributed by atoms with van der Waals surface area (Å²) < 4.78 is 49.8. The van der Waals surface area contributed by atoms with Crippen LogP contribution in [0.4, 0.5) is 17.6 Å². The smallest absolute Gasteiger partial charge is 0.263 e. The van der Waals surface area contributed by atoms with E-state index in [1.165, 1.54) is 48.7 Å². The molecule has 0 aliphatic carbocycles. The number of halogens is 4. The van der Waals surface area contributed by atoms with Gasteiger partial charge in [0, 0.05) is 11.1 Å². The highest BCUT2D eigenvalue weighted by molar-refractivity contribution is 5.79. The van der Waals surface area contributed by atoms with E-state index < -0.39 is 12.9 Å². The van der Waals surface area contributed by atoms with E-state index in [4.69, 9.17) is 4.84 Å². The molecule has 0 aromatic heterocycles. The van der Waals surface area contributed by atoms with Crippen LogP contribution in [0.2, 0.25) is 0 Å². The number of oxime groups is 1. The maximum Gasteiger partial charge on any atom is 0.263 e. The highest BCUT2D eigenvalue weighted by atomic mass is 19.3. The third-order valence-electron chi connectivity index (χ3n) is 2.90. The summed E-state index contributed by atoms with van der Waals surface area (Å²) in [6.45, 7) is 0.0478. The Kier molecular flexibility index (Phi) is 5.52. The fourth-order valence-electron chi connectivity index (χ4n) is 1.76. The van der Waals surface area contributed by atoms with Crippen LogP contribution >= 0.6 is 0 Å². The van der Waals surface area contributed by atoms with E-state index >= 15 is 0 Å². The van der Waals surface area contributed by atoms with E-state index in [0.717, 1.165) is 0 Å². The largest absolute Gasteiger partial charge is 0.391 e. The zero-order valence-corrected chi connectivity index (χ0v) is 11.4. The fourth-order valence-corrected chi connectivity index (χ4v) is 1.76. The van der Waals surface area contributed by atoms with Crippen molar-refractivity contribution >= 4 is 6.21 Å². The van der Waals surface area contributed by atoms with Gasteiger partial charge in [-0.2, -0.15) is 0 Å². The van der Waals surface area contributed by atoms with Gasteiger partial charge in [-0.25, -0.2) is 17.6 Å². The molecule has 0 saturated carbocycles. The first-order valence-electron chi connectivity index (χ1n) is 6.46. The van der Waals surface area contributed by atoms with Crippen LogP contribution in [0.1, 0.15) is 35.1 Å². The molecule has 116 valence electrons. The molecule has 0 spiro atoms. The van der Waals surface area contributed by atoms with E-state index in [0.29, 0.717) is 11.1 Å². The standard InChI is InChI=1S/C16H13F4NO/c17-15(18)13-6-4-11(5-7-13)9-21-22-10-12-2-1-3-14(8-12)16(19)20/h1-9,15-16H,10H2. The van der Waals surface area contributed by atoms with Gasteiger partial charge < -0.3 is 4.84 Å². The molecule has 0 fully saturated rings. The second-order valence-electron chi connectivity index (χ2n) is 4.52. The van der Waals surface area contributed by atoms with Gasteiger partial charge in [0.1, 0.15) is 6.61 Å². The molecule has 0 radical (unpaired) electrons.